The Bertz CT molecular complexity index is 2180. The number of hydrogen-bond donors (Lipinski definition) is 1. The van der Waals surface area contributed by atoms with E-state index >= 15 is 0 Å². The fraction of sp³-hybridized carbons (Fsp3) is 0.370. The highest BCUT2D eigenvalue weighted by molar-refractivity contribution is 6.21. The number of benzene rings is 4. The molecule has 310 valence electrons. The molecule has 2 N–H and O–H groups in total. The van der Waals surface area contributed by atoms with Gasteiger partial charge in [-0.3, -0.25) is 28.9 Å². The molecule has 1 unspecified atom stereocenters. The van der Waals surface area contributed by atoms with E-state index in [0.29, 0.717) is 47.8 Å². The zero-order valence-electron chi connectivity index (χ0n) is 34.5. The Kier molecular flexibility index (Phi) is 13.7. The van der Waals surface area contributed by atoms with Crippen molar-refractivity contribution >= 4 is 40.8 Å². The lowest BCUT2D eigenvalue weighted by Crippen LogP contribution is -2.47. The second kappa shape index (κ2) is 19.0. The maximum absolute atomic E-state index is 14.1. The lowest BCUT2D eigenvalue weighted by Gasteiger charge is -2.32. The van der Waals surface area contributed by atoms with Crippen molar-refractivity contribution in [1.82, 2.24) is 14.7 Å². The smallest absolute Gasteiger partial charge is 0.261 e. The second-order valence-electron chi connectivity index (χ2n) is 15.1. The quantitative estimate of drug-likeness (QED) is 0.0561. The van der Waals surface area contributed by atoms with Gasteiger partial charge < -0.3 is 34.6 Å². The van der Waals surface area contributed by atoms with Gasteiger partial charge in [-0.05, 0) is 94.3 Å². The van der Waals surface area contributed by atoms with Crippen LogP contribution in [0.25, 0.3) is 0 Å². The number of aryl methyl sites for hydroxylation is 1. The van der Waals surface area contributed by atoms with Gasteiger partial charge in [0.15, 0.2) is 5.75 Å². The molecule has 13 heteroatoms. The van der Waals surface area contributed by atoms with Crippen LogP contribution in [0.2, 0.25) is 0 Å². The van der Waals surface area contributed by atoms with E-state index in [4.69, 9.17) is 19.9 Å². The van der Waals surface area contributed by atoms with Crippen LogP contribution in [0.4, 0.5) is 11.4 Å². The summed E-state index contributed by atoms with van der Waals surface area (Å²) in [6.45, 7) is 7.68. The van der Waals surface area contributed by atoms with Crippen LogP contribution in [0.3, 0.4) is 0 Å². The summed E-state index contributed by atoms with van der Waals surface area (Å²) in [6, 6.07) is 22.1. The Balaban J connectivity index is 1.08. The summed E-state index contributed by atoms with van der Waals surface area (Å²) >= 11 is 0. The van der Waals surface area contributed by atoms with Gasteiger partial charge in [0.2, 0.25) is 11.7 Å². The van der Waals surface area contributed by atoms with Gasteiger partial charge in [0, 0.05) is 52.6 Å². The molecule has 0 aromatic heterocycles. The molecule has 2 heterocycles. The predicted molar refractivity (Wildman–Crippen MR) is 226 cm³/mol. The average molecular weight is 804 g/mol. The standard InChI is InChI=1S/C46H53N5O8/c1-30-18-21-37(39(29-30)58-28-12-6-7-17-40(52)50-26-24-48(3)25-27-50)49(4)44(54)35-19-20-36(43(57-5)41(35)47)42(53)34-15-10-11-16-38(34)59-31(2)22-23-51-45(55)32-13-8-9-14-33(32)46(51)56/h8-11,13-16,18-21,29,31H,6-7,12,17,22-28,47H2,1-5H3. The molecule has 0 aliphatic carbocycles. The van der Waals surface area contributed by atoms with Crippen LogP contribution in [0.1, 0.15) is 91.6 Å². The molecule has 0 spiro atoms. The van der Waals surface area contributed by atoms with E-state index in [0.717, 1.165) is 51.0 Å². The molecule has 4 aromatic rings. The van der Waals surface area contributed by atoms with E-state index in [1.54, 1.807) is 62.5 Å². The predicted octanol–water partition coefficient (Wildman–Crippen LogP) is 6.26. The SMILES string of the molecule is COc1c(C(=O)c2ccccc2OC(C)CCN2C(=O)c3ccccc3C2=O)ccc(C(=O)N(C)c2ccc(C)cc2OCCCCCC(=O)N2CCN(C)CC2)c1N. The van der Waals surface area contributed by atoms with Crippen LogP contribution in [0.15, 0.2) is 78.9 Å². The summed E-state index contributed by atoms with van der Waals surface area (Å²) in [6.07, 6.45) is 2.77. The molecule has 0 radical (unpaired) electrons. The summed E-state index contributed by atoms with van der Waals surface area (Å²) in [5, 5.41) is 0. The van der Waals surface area contributed by atoms with Crippen molar-refractivity contribution in [2.24, 2.45) is 0 Å². The van der Waals surface area contributed by atoms with Gasteiger partial charge in [-0.1, -0.05) is 30.3 Å². The molecule has 1 saturated heterocycles. The van der Waals surface area contributed by atoms with Gasteiger partial charge in [-0.25, -0.2) is 0 Å². The Morgan fingerprint density at radius 2 is 1.47 bits per heavy atom. The van der Waals surface area contributed by atoms with E-state index in [1.807, 2.05) is 30.0 Å². The Morgan fingerprint density at radius 3 is 2.17 bits per heavy atom. The summed E-state index contributed by atoms with van der Waals surface area (Å²) < 4.78 is 18.1. The fourth-order valence-corrected chi connectivity index (χ4v) is 7.37. The second-order valence-corrected chi connectivity index (χ2v) is 15.1. The number of carbonyl (C=O) groups is 5. The van der Waals surface area contributed by atoms with Crippen LogP contribution in [0.5, 0.6) is 17.2 Å². The highest BCUT2D eigenvalue weighted by atomic mass is 16.5. The van der Waals surface area contributed by atoms with Crippen LogP contribution < -0.4 is 24.8 Å². The van der Waals surface area contributed by atoms with Crippen molar-refractivity contribution in [3.8, 4) is 17.2 Å². The molecule has 6 rings (SSSR count). The van der Waals surface area contributed by atoms with E-state index in [9.17, 15) is 24.0 Å². The number of rotatable bonds is 17. The van der Waals surface area contributed by atoms with Gasteiger partial charge in [0.25, 0.3) is 17.7 Å². The van der Waals surface area contributed by atoms with E-state index < -0.39 is 17.8 Å². The minimum atomic E-state index is -0.464. The van der Waals surface area contributed by atoms with Gasteiger partial charge in [-0.15, -0.1) is 0 Å². The number of nitrogens with two attached hydrogens (primary N) is 1. The number of carbonyl (C=O) groups excluding carboxylic acids is 5. The fourth-order valence-electron chi connectivity index (χ4n) is 7.37. The van der Waals surface area contributed by atoms with Crippen molar-refractivity contribution in [3.63, 3.8) is 0 Å². The zero-order chi connectivity index (χ0) is 42.2. The number of nitrogen functional groups attached to an aromatic ring is 1. The third kappa shape index (κ3) is 9.58. The first-order valence-corrected chi connectivity index (χ1v) is 20.1. The lowest BCUT2D eigenvalue weighted by atomic mass is 9.98. The lowest BCUT2D eigenvalue weighted by molar-refractivity contribution is -0.132. The number of amides is 4. The van der Waals surface area contributed by atoms with Gasteiger partial charge in [0.1, 0.15) is 11.5 Å². The number of hydrogen-bond acceptors (Lipinski definition) is 10. The minimum absolute atomic E-state index is 0.00334. The number of piperazine rings is 1. The highest BCUT2D eigenvalue weighted by Gasteiger charge is 2.35. The first kappa shape index (κ1) is 42.4. The molecule has 2 aliphatic heterocycles. The topological polar surface area (TPSA) is 152 Å². The Labute approximate surface area is 345 Å². The van der Waals surface area contributed by atoms with Crippen LogP contribution in [-0.4, -0.2) is 111 Å². The maximum Gasteiger partial charge on any atom is 0.261 e. The number of likely N-dealkylation sites (N-methyl/N-ethyl adjacent to an activating group) is 1. The van der Waals surface area contributed by atoms with Crippen LogP contribution in [0, 0.1) is 6.92 Å². The third-order valence-electron chi connectivity index (χ3n) is 10.9. The summed E-state index contributed by atoms with van der Waals surface area (Å²) in [7, 11) is 5.09. The van der Waals surface area contributed by atoms with Gasteiger partial charge in [0.05, 0.1) is 59.0 Å². The van der Waals surface area contributed by atoms with Crippen LogP contribution >= 0.6 is 0 Å². The number of fused-ring (bicyclic) bond motifs is 1. The minimum Gasteiger partial charge on any atom is -0.494 e. The molecule has 13 nitrogen and oxygen atoms in total. The number of para-hydroxylation sites is 1. The Morgan fingerprint density at radius 1 is 0.814 bits per heavy atom. The molecule has 1 fully saturated rings. The molecule has 2 aliphatic rings. The van der Waals surface area contributed by atoms with E-state index in [-0.39, 0.29) is 52.4 Å². The largest absolute Gasteiger partial charge is 0.494 e. The molecule has 1 atom stereocenters. The van der Waals surface area contributed by atoms with Crippen LogP contribution in [-0.2, 0) is 4.79 Å². The average Bonchev–Trinajstić information content (AvgIpc) is 3.48. The zero-order valence-corrected chi connectivity index (χ0v) is 34.5. The normalized spacial score (nSPS) is 14.5. The van der Waals surface area contributed by atoms with Gasteiger partial charge >= 0.3 is 0 Å². The maximum atomic E-state index is 14.1. The van der Waals surface area contributed by atoms with Crippen molar-refractivity contribution in [1.29, 1.82) is 0 Å². The van der Waals surface area contributed by atoms with E-state index in [2.05, 4.69) is 11.9 Å². The number of ether oxygens (including phenoxy) is 3. The number of imide groups is 1. The van der Waals surface area contributed by atoms with Crippen molar-refractivity contribution in [3.05, 3.63) is 112 Å². The monoisotopic (exact) mass is 803 g/mol. The summed E-state index contributed by atoms with van der Waals surface area (Å²) in [5.74, 6) is -0.433. The molecule has 4 aromatic carbocycles. The van der Waals surface area contributed by atoms with E-state index in [1.165, 1.54) is 29.0 Å². The number of anilines is 2. The molecule has 0 bridgehead atoms. The summed E-state index contributed by atoms with van der Waals surface area (Å²) in [5.41, 5.74) is 9.40. The summed E-state index contributed by atoms with van der Waals surface area (Å²) in [4.78, 5) is 73.3. The third-order valence-corrected chi connectivity index (χ3v) is 10.9. The highest BCUT2D eigenvalue weighted by Crippen LogP contribution is 2.36. The van der Waals surface area contributed by atoms with Crippen molar-refractivity contribution in [2.75, 3.05) is 71.2 Å². The first-order valence-electron chi connectivity index (χ1n) is 20.1. The van der Waals surface area contributed by atoms with Gasteiger partial charge in [-0.2, -0.15) is 0 Å². The number of nitrogens with zero attached hydrogens (tertiary/aromatic N) is 4. The number of ketones is 1. The molecular weight excluding hydrogens is 751 g/mol. The molecular formula is C46H53N5O8. The number of methoxy groups -OCH3 is 1. The number of unbranched alkanes of at least 4 members (excludes halogenated alkanes) is 2. The first-order chi connectivity index (χ1) is 28.4. The molecule has 4 amide bonds. The Hall–Kier alpha value is -6.21. The molecule has 59 heavy (non-hydrogen) atoms. The molecule has 0 saturated carbocycles. The van der Waals surface area contributed by atoms with Crippen molar-refractivity contribution < 1.29 is 38.2 Å². The van der Waals surface area contributed by atoms with Crippen molar-refractivity contribution in [2.45, 2.75) is 52.1 Å².